The molecule has 0 bridgehead atoms. The molecule has 1 fully saturated rings. The maximum atomic E-state index is 12.2. The van der Waals surface area contributed by atoms with E-state index in [1.165, 1.54) is 0 Å². The highest BCUT2D eigenvalue weighted by atomic mass is 79.9. The first kappa shape index (κ1) is 12.9. The second-order valence-corrected chi connectivity index (χ2v) is 7.16. The zero-order valence-corrected chi connectivity index (χ0v) is 12.1. The predicted molar refractivity (Wildman–Crippen MR) is 71.2 cm³/mol. The number of hydrogen-bond acceptors (Lipinski definition) is 3. The van der Waals surface area contributed by atoms with Crippen LogP contribution in [0.25, 0.3) is 0 Å². The molecule has 2 rings (SSSR count). The minimum Gasteiger partial charge on any atom is -0.398 e. The van der Waals surface area contributed by atoms with Gasteiger partial charge in [0.05, 0.1) is 4.90 Å². The number of nitrogen functional groups attached to an aromatic ring is 1. The molecule has 1 saturated carbocycles. The highest BCUT2D eigenvalue weighted by molar-refractivity contribution is 9.10. The Bertz CT molecular complexity index is 557. The predicted octanol–water partition coefficient (Wildman–Crippen LogP) is 2.03. The van der Waals surface area contributed by atoms with Crippen LogP contribution in [0.15, 0.2) is 21.5 Å². The van der Waals surface area contributed by atoms with E-state index in [4.69, 9.17) is 5.73 Å². The summed E-state index contributed by atoms with van der Waals surface area (Å²) in [6.07, 6.45) is 0.905. The van der Waals surface area contributed by atoms with Gasteiger partial charge in [-0.1, -0.05) is 22.9 Å². The van der Waals surface area contributed by atoms with E-state index in [9.17, 15) is 8.42 Å². The minimum atomic E-state index is -3.47. The Kier molecular flexibility index (Phi) is 3.22. The van der Waals surface area contributed by atoms with E-state index in [0.29, 0.717) is 21.6 Å². The van der Waals surface area contributed by atoms with Crippen molar-refractivity contribution in [3.8, 4) is 0 Å². The van der Waals surface area contributed by atoms with Crippen molar-refractivity contribution in [3.63, 3.8) is 0 Å². The Hall–Kier alpha value is -0.590. The number of nitrogens with one attached hydrogen (secondary N) is 1. The van der Waals surface area contributed by atoms with Gasteiger partial charge >= 0.3 is 0 Å². The molecule has 3 N–H and O–H groups in total. The number of anilines is 1. The molecule has 0 aromatic heterocycles. The molecule has 0 saturated heterocycles. The van der Waals surface area contributed by atoms with E-state index in [1.54, 1.807) is 19.1 Å². The van der Waals surface area contributed by atoms with Crippen LogP contribution in [-0.4, -0.2) is 14.5 Å². The standard InChI is InChI=1S/C11H15BrN2O2S/c1-6-3-10(6)14-17(15,16)11-5-8(12)4-9(13)7(11)2/h4-6,10,14H,3,13H2,1-2H3. The third kappa shape index (κ3) is 2.64. The van der Waals surface area contributed by atoms with Gasteiger partial charge < -0.3 is 5.73 Å². The van der Waals surface area contributed by atoms with Gasteiger partial charge in [0.2, 0.25) is 10.0 Å². The number of nitrogens with two attached hydrogens (primary N) is 1. The molecular formula is C11H15BrN2O2S. The minimum absolute atomic E-state index is 0.0691. The van der Waals surface area contributed by atoms with Gasteiger partial charge in [-0.2, -0.15) is 0 Å². The van der Waals surface area contributed by atoms with Crippen LogP contribution in [0, 0.1) is 12.8 Å². The first-order chi connectivity index (χ1) is 7.81. The molecule has 94 valence electrons. The zero-order chi connectivity index (χ0) is 12.8. The molecule has 1 aromatic carbocycles. The Morgan fingerprint density at radius 3 is 2.59 bits per heavy atom. The molecule has 2 unspecified atom stereocenters. The largest absolute Gasteiger partial charge is 0.398 e. The molecule has 1 aromatic rings. The Morgan fingerprint density at radius 2 is 2.06 bits per heavy atom. The van der Waals surface area contributed by atoms with Crippen molar-refractivity contribution in [3.05, 3.63) is 22.2 Å². The van der Waals surface area contributed by atoms with Crippen molar-refractivity contribution >= 4 is 31.6 Å². The molecule has 2 atom stereocenters. The number of rotatable bonds is 3. The maximum absolute atomic E-state index is 12.2. The Morgan fingerprint density at radius 1 is 1.47 bits per heavy atom. The van der Waals surface area contributed by atoms with Gasteiger partial charge in [0.15, 0.2) is 0 Å². The van der Waals surface area contributed by atoms with E-state index < -0.39 is 10.0 Å². The van der Waals surface area contributed by atoms with Gasteiger partial charge in [-0.05, 0) is 37.0 Å². The van der Waals surface area contributed by atoms with Crippen LogP contribution < -0.4 is 10.5 Å². The van der Waals surface area contributed by atoms with Crippen molar-refractivity contribution < 1.29 is 8.42 Å². The molecule has 0 radical (unpaired) electrons. The summed E-state index contributed by atoms with van der Waals surface area (Å²) in [5, 5.41) is 0. The summed E-state index contributed by atoms with van der Waals surface area (Å²) in [5.74, 6) is 0.426. The summed E-state index contributed by atoms with van der Waals surface area (Å²) in [4.78, 5) is 0.253. The van der Waals surface area contributed by atoms with E-state index in [0.717, 1.165) is 6.42 Å². The lowest BCUT2D eigenvalue weighted by Crippen LogP contribution is -2.27. The monoisotopic (exact) mass is 318 g/mol. The van der Waals surface area contributed by atoms with Crippen LogP contribution in [-0.2, 0) is 10.0 Å². The topological polar surface area (TPSA) is 72.2 Å². The highest BCUT2D eigenvalue weighted by Gasteiger charge is 2.36. The van der Waals surface area contributed by atoms with Gasteiger partial charge in [-0.3, -0.25) is 0 Å². The van der Waals surface area contributed by atoms with Crippen LogP contribution in [0.2, 0.25) is 0 Å². The normalized spacial score (nSPS) is 23.7. The fourth-order valence-corrected chi connectivity index (χ4v) is 3.99. The Labute approximate surface area is 110 Å². The maximum Gasteiger partial charge on any atom is 0.241 e. The number of sulfonamides is 1. The van der Waals surface area contributed by atoms with Gasteiger partial charge in [0.25, 0.3) is 0 Å². The third-order valence-corrected chi connectivity index (χ3v) is 5.14. The lowest BCUT2D eigenvalue weighted by Gasteiger charge is -2.11. The summed E-state index contributed by atoms with van der Waals surface area (Å²) in [5.41, 5.74) is 6.84. The molecule has 1 aliphatic rings. The second kappa shape index (κ2) is 4.26. The number of hydrogen-bond donors (Lipinski definition) is 2. The van der Waals surface area contributed by atoms with E-state index in [1.807, 2.05) is 6.92 Å². The van der Waals surface area contributed by atoms with Gasteiger partial charge in [0, 0.05) is 16.2 Å². The molecule has 6 heteroatoms. The lowest BCUT2D eigenvalue weighted by atomic mass is 10.2. The molecule has 0 amide bonds. The zero-order valence-electron chi connectivity index (χ0n) is 9.70. The van der Waals surface area contributed by atoms with Crippen molar-refractivity contribution in [2.75, 3.05) is 5.73 Å². The SMILES string of the molecule is Cc1c(N)cc(Br)cc1S(=O)(=O)NC1CC1C. The fourth-order valence-electron chi connectivity index (χ4n) is 1.70. The van der Waals surface area contributed by atoms with Crippen LogP contribution in [0.4, 0.5) is 5.69 Å². The summed E-state index contributed by atoms with van der Waals surface area (Å²) < 4.78 is 27.7. The van der Waals surface area contributed by atoms with Crippen LogP contribution in [0.3, 0.4) is 0 Å². The summed E-state index contributed by atoms with van der Waals surface area (Å²) in [6, 6.07) is 3.36. The van der Waals surface area contributed by atoms with Crippen LogP contribution in [0.5, 0.6) is 0 Å². The van der Waals surface area contributed by atoms with Crippen molar-refractivity contribution in [2.24, 2.45) is 5.92 Å². The first-order valence-electron chi connectivity index (χ1n) is 5.39. The average molecular weight is 319 g/mol. The molecule has 0 heterocycles. The highest BCUT2D eigenvalue weighted by Crippen LogP contribution is 2.32. The van der Waals surface area contributed by atoms with Crippen molar-refractivity contribution in [1.29, 1.82) is 0 Å². The van der Waals surface area contributed by atoms with Gasteiger partial charge in [0.1, 0.15) is 0 Å². The average Bonchev–Trinajstić information content (AvgIpc) is 2.86. The molecule has 4 nitrogen and oxygen atoms in total. The first-order valence-corrected chi connectivity index (χ1v) is 7.67. The lowest BCUT2D eigenvalue weighted by molar-refractivity contribution is 0.577. The molecule has 0 spiro atoms. The smallest absolute Gasteiger partial charge is 0.241 e. The van der Waals surface area contributed by atoms with Crippen LogP contribution >= 0.6 is 15.9 Å². The van der Waals surface area contributed by atoms with Crippen molar-refractivity contribution in [1.82, 2.24) is 4.72 Å². The van der Waals surface area contributed by atoms with Gasteiger partial charge in [-0.25, -0.2) is 13.1 Å². The second-order valence-electron chi connectivity index (χ2n) is 4.56. The van der Waals surface area contributed by atoms with E-state index >= 15 is 0 Å². The summed E-state index contributed by atoms with van der Waals surface area (Å²) in [6.45, 7) is 3.74. The molecule has 17 heavy (non-hydrogen) atoms. The van der Waals surface area contributed by atoms with Crippen LogP contribution in [0.1, 0.15) is 18.9 Å². The summed E-state index contributed by atoms with van der Waals surface area (Å²) >= 11 is 3.26. The van der Waals surface area contributed by atoms with Crippen molar-refractivity contribution in [2.45, 2.75) is 31.2 Å². The summed E-state index contributed by atoms with van der Waals surface area (Å²) in [7, 11) is -3.47. The molecule has 1 aliphatic carbocycles. The third-order valence-electron chi connectivity index (χ3n) is 3.07. The van der Waals surface area contributed by atoms with E-state index in [-0.39, 0.29) is 10.9 Å². The van der Waals surface area contributed by atoms with E-state index in [2.05, 4.69) is 20.7 Å². The fraction of sp³-hybridized carbons (Fsp3) is 0.455. The van der Waals surface area contributed by atoms with Gasteiger partial charge in [-0.15, -0.1) is 0 Å². The molecule has 0 aliphatic heterocycles. The molecular weight excluding hydrogens is 304 g/mol. The number of benzene rings is 1. The quantitative estimate of drug-likeness (QED) is 0.837. The number of halogens is 1. The Balaban J connectivity index is 2.39.